The van der Waals surface area contributed by atoms with E-state index in [-0.39, 0.29) is 0 Å². The van der Waals surface area contributed by atoms with Gasteiger partial charge in [0.25, 0.3) is 0 Å². The number of benzene rings is 2. The maximum atomic E-state index is 2.37. The van der Waals surface area contributed by atoms with Gasteiger partial charge in [0, 0.05) is 0 Å². The van der Waals surface area contributed by atoms with Crippen molar-refractivity contribution in [2.24, 2.45) is 0 Å². The predicted octanol–water partition coefficient (Wildman–Crippen LogP) is 6.25. The molecular formula is C21H24. The molecule has 0 nitrogen and oxygen atoms in total. The summed E-state index contributed by atoms with van der Waals surface area (Å²) < 4.78 is 0. The predicted molar refractivity (Wildman–Crippen MR) is 93.2 cm³/mol. The van der Waals surface area contributed by atoms with Crippen molar-refractivity contribution in [1.82, 2.24) is 0 Å². The van der Waals surface area contributed by atoms with E-state index in [4.69, 9.17) is 0 Å². The Labute approximate surface area is 128 Å². The van der Waals surface area contributed by atoms with Crippen molar-refractivity contribution in [2.75, 3.05) is 0 Å². The van der Waals surface area contributed by atoms with Gasteiger partial charge in [0.05, 0.1) is 0 Å². The first kappa shape index (κ1) is 15.3. The Morgan fingerprint density at radius 2 is 1.29 bits per heavy atom. The number of rotatable bonds is 6. The molecule has 0 saturated carbocycles. The highest BCUT2D eigenvalue weighted by Crippen LogP contribution is 2.25. The lowest BCUT2D eigenvalue weighted by Crippen LogP contribution is -1.89. The van der Waals surface area contributed by atoms with Crippen LogP contribution in [-0.4, -0.2) is 0 Å². The molecule has 0 bridgehead atoms. The van der Waals surface area contributed by atoms with Gasteiger partial charge in [-0.1, -0.05) is 92.2 Å². The fourth-order valence-corrected chi connectivity index (χ4v) is 2.53. The molecule has 0 aliphatic rings. The highest BCUT2D eigenvalue weighted by atomic mass is 14.1. The molecule has 0 heterocycles. The zero-order valence-corrected chi connectivity index (χ0v) is 13.0. The van der Waals surface area contributed by atoms with Crippen LogP contribution in [0.5, 0.6) is 0 Å². The molecule has 0 unspecified atom stereocenters. The first-order chi connectivity index (χ1) is 10.3. The average molecular weight is 276 g/mol. The lowest BCUT2D eigenvalue weighted by molar-refractivity contribution is 1.00. The lowest BCUT2D eigenvalue weighted by atomic mass is 9.95. The minimum absolute atomic E-state index is 1.03. The molecule has 21 heavy (non-hydrogen) atoms. The second-order valence-electron chi connectivity index (χ2n) is 5.18. The third kappa shape index (κ3) is 4.46. The Hall–Kier alpha value is -2.08. The average Bonchev–Trinajstić information content (AvgIpc) is 2.56. The Bertz CT molecular complexity index is 547. The third-order valence-corrected chi connectivity index (χ3v) is 3.68. The number of hydrogen-bond acceptors (Lipinski definition) is 0. The molecule has 2 aromatic carbocycles. The van der Waals surface area contributed by atoms with Gasteiger partial charge in [0.15, 0.2) is 0 Å². The second kappa shape index (κ2) is 8.26. The molecule has 0 atom stereocenters. The summed E-state index contributed by atoms with van der Waals surface area (Å²) in [5.41, 5.74) is 5.42. The Kier molecular flexibility index (Phi) is 6.02. The van der Waals surface area contributed by atoms with Crippen molar-refractivity contribution < 1.29 is 0 Å². The van der Waals surface area contributed by atoms with E-state index in [2.05, 4.69) is 86.7 Å². The maximum Gasteiger partial charge on any atom is -0.0130 e. The normalized spacial score (nSPS) is 11.2. The Morgan fingerprint density at radius 3 is 1.71 bits per heavy atom. The van der Waals surface area contributed by atoms with E-state index in [0.29, 0.717) is 0 Å². The lowest BCUT2D eigenvalue weighted by Gasteiger charge is -2.10. The molecule has 0 fully saturated rings. The van der Waals surface area contributed by atoms with Gasteiger partial charge >= 0.3 is 0 Å². The largest absolute Gasteiger partial charge is 0.0853 e. The highest BCUT2D eigenvalue weighted by Gasteiger charge is 2.04. The molecule has 0 aliphatic carbocycles. The van der Waals surface area contributed by atoms with Gasteiger partial charge in [-0.25, -0.2) is 0 Å². The summed E-state index contributed by atoms with van der Waals surface area (Å²) in [5, 5.41) is 0. The van der Waals surface area contributed by atoms with Crippen molar-refractivity contribution in [2.45, 2.75) is 33.1 Å². The molecule has 0 saturated heterocycles. The van der Waals surface area contributed by atoms with E-state index in [0.717, 1.165) is 19.3 Å². The van der Waals surface area contributed by atoms with Gasteiger partial charge in [0.2, 0.25) is 0 Å². The summed E-state index contributed by atoms with van der Waals surface area (Å²) in [6.45, 7) is 4.44. The molecule has 2 rings (SSSR count). The van der Waals surface area contributed by atoms with Crippen LogP contribution in [0.15, 0.2) is 78.4 Å². The topological polar surface area (TPSA) is 0 Å². The van der Waals surface area contributed by atoms with Crippen LogP contribution < -0.4 is 0 Å². The van der Waals surface area contributed by atoms with E-state index in [1.165, 1.54) is 22.3 Å². The van der Waals surface area contributed by atoms with Crippen LogP contribution in [-0.2, 0) is 0 Å². The highest BCUT2D eigenvalue weighted by molar-refractivity contribution is 5.79. The number of allylic oxidation sites excluding steroid dienone is 3. The SMILES string of the molecule is CC/C=C(\CC)CC=C(c1ccccc1)c1ccccc1. The summed E-state index contributed by atoms with van der Waals surface area (Å²) in [6.07, 6.45) is 7.99. The fraction of sp³-hybridized carbons (Fsp3) is 0.238. The zero-order chi connectivity index (χ0) is 14.9. The van der Waals surface area contributed by atoms with Crippen LogP contribution in [0.25, 0.3) is 5.57 Å². The van der Waals surface area contributed by atoms with Crippen molar-refractivity contribution in [3.05, 3.63) is 89.5 Å². The molecule has 0 spiro atoms. The van der Waals surface area contributed by atoms with Crippen LogP contribution >= 0.6 is 0 Å². The van der Waals surface area contributed by atoms with Gasteiger partial charge in [0.1, 0.15) is 0 Å². The van der Waals surface area contributed by atoms with Gasteiger partial charge in [-0.2, -0.15) is 0 Å². The summed E-state index contributed by atoms with van der Waals surface area (Å²) in [7, 11) is 0. The van der Waals surface area contributed by atoms with E-state index >= 15 is 0 Å². The van der Waals surface area contributed by atoms with Crippen molar-refractivity contribution in [3.63, 3.8) is 0 Å². The van der Waals surface area contributed by atoms with Crippen LogP contribution in [0.4, 0.5) is 0 Å². The van der Waals surface area contributed by atoms with Crippen LogP contribution in [0.3, 0.4) is 0 Å². The van der Waals surface area contributed by atoms with E-state index in [1.54, 1.807) is 0 Å². The standard InChI is InChI=1S/C21H24/c1-3-11-18(4-2)16-17-21(19-12-7-5-8-13-19)20-14-9-6-10-15-20/h5-15,17H,3-4,16H2,1-2H3/b18-11+. The van der Waals surface area contributed by atoms with E-state index in [1.807, 2.05) is 0 Å². The second-order valence-corrected chi connectivity index (χ2v) is 5.18. The summed E-state index contributed by atoms with van der Waals surface area (Å²) >= 11 is 0. The summed E-state index contributed by atoms with van der Waals surface area (Å²) in [5.74, 6) is 0. The minimum Gasteiger partial charge on any atom is -0.0853 e. The van der Waals surface area contributed by atoms with Gasteiger partial charge in [-0.15, -0.1) is 0 Å². The molecule has 0 N–H and O–H groups in total. The van der Waals surface area contributed by atoms with Crippen LogP contribution in [0, 0.1) is 0 Å². The van der Waals surface area contributed by atoms with Crippen molar-refractivity contribution in [1.29, 1.82) is 0 Å². The maximum absolute atomic E-state index is 2.37. The smallest absolute Gasteiger partial charge is 0.0130 e. The minimum atomic E-state index is 1.03. The number of hydrogen-bond donors (Lipinski definition) is 0. The monoisotopic (exact) mass is 276 g/mol. The molecule has 0 heteroatoms. The third-order valence-electron chi connectivity index (χ3n) is 3.68. The van der Waals surface area contributed by atoms with Crippen LogP contribution in [0.1, 0.15) is 44.2 Å². The van der Waals surface area contributed by atoms with Crippen molar-refractivity contribution in [3.8, 4) is 0 Å². The first-order valence-electron chi connectivity index (χ1n) is 7.84. The molecule has 0 amide bonds. The van der Waals surface area contributed by atoms with E-state index in [9.17, 15) is 0 Å². The molecule has 108 valence electrons. The first-order valence-corrected chi connectivity index (χ1v) is 7.84. The zero-order valence-electron chi connectivity index (χ0n) is 13.0. The van der Waals surface area contributed by atoms with Crippen molar-refractivity contribution >= 4 is 5.57 Å². The quantitative estimate of drug-likeness (QED) is 0.547. The van der Waals surface area contributed by atoms with Crippen LogP contribution in [0.2, 0.25) is 0 Å². The fourth-order valence-electron chi connectivity index (χ4n) is 2.53. The molecule has 0 radical (unpaired) electrons. The molecule has 2 aromatic rings. The van der Waals surface area contributed by atoms with Gasteiger partial charge in [-0.05, 0) is 36.0 Å². The molecule has 0 aromatic heterocycles. The van der Waals surface area contributed by atoms with E-state index < -0.39 is 0 Å². The summed E-state index contributed by atoms with van der Waals surface area (Å²) in [4.78, 5) is 0. The summed E-state index contributed by atoms with van der Waals surface area (Å²) in [6, 6.07) is 21.3. The van der Waals surface area contributed by atoms with Gasteiger partial charge in [-0.3, -0.25) is 0 Å². The molecular weight excluding hydrogens is 252 g/mol. The Balaban J connectivity index is 2.35. The van der Waals surface area contributed by atoms with Gasteiger partial charge < -0.3 is 0 Å². The Morgan fingerprint density at radius 1 is 0.762 bits per heavy atom. The molecule has 0 aliphatic heterocycles.